The summed E-state index contributed by atoms with van der Waals surface area (Å²) < 4.78 is 39.8. The average molecular weight is 288 g/mol. The Morgan fingerprint density at radius 2 is 2.16 bits per heavy atom. The van der Waals surface area contributed by atoms with Crippen molar-refractivity contribution in [1.29, 1.82) is 0 Å². The largest absolute Gasteiger partial charge is 0.398 e. The molecular formula is C12H17FN2O3S. The molecule has 1 fully saturated rings. The molecule has 0 saturated heterocycles. The van der Waals surface area contributed by atoms with E-state index < -0.39 is 15.8 Å². The summed E-state index contributed by atoms with van der Waals surface area (Å²) in [5.74, 6) is -0.651. The SMILES string of the molecule is Nc1cc(F)ccc1S(=O)(=O)NC1CCCC1CO. The van der Waals surface area contributed by atoms with Gasteiger partial charge in [0.05, 0.1) is 5.69 Å². The predicted molar refractivity (Wildman–Crippen MR) is 69.3 cm³/mol. The molecule has 2 unspecified atom stereocenters. The van der Waals surface area contributed by atoms with Crippen LogP contribution in [0.25, 0.3) is 0 Å². The second-order valence-electron chi connectivity index (χ2n) is 4.78. The van der Waals surface area contributed by atoms with Gasteiger partial charge in [0.2, 0.25) is 10.0 Å². The van der Waals surface area contributed by atoms with Gasteiger partial charge >= 0.3 is 0 Å². The van der Waals surface area contributed by atoms with Crippen molar-refractivity contribution in [3.8, 4) is 0 Å². The van der Waals surface area contributed by atoms with Crippen molar-refractivity contribution in [2.24, 2.45) is 5.92 Å². The smallest absolute Gasteiger partial charge is 0.242 e. The molecule has 0 bridgehead atoms. The number of rotatable bonds is 4. The highest BCUT2D eigenvalue weighted by atomic mass is 32.2. The van der Waals surface area contributed by atoms with Gasteiger partial charge in [-0.25, -0.2) is 17.5 Å². The Kier molecular flexibility index (Phi) is 4.07. The zero-order valence-corrected chi connectivity index (χ0v) is 11.2. The molecule has 7 heteroatoms. The van der Waals surface area contributed by atoms with Crippen molar-refractivity contribution in [1.82, 2.24) is 4.72 Å². The molecule has 5 nitrogen and oxygen atoms in total. The molecule has 1 aromatic carbocycles. The molecule has 0 aromatic heterocycles. The summed E-state index contributed by atoms with van der Waals surface area (Å²) in [6, 6.07) is 2.89. The maximum atomic E-state index is 12.9. The van der Waals surface area contributed by atoms with Crippen molar-refractivity contribution in [3.05, 3.63) is 24.0 Å². The van der Waals surface area contributed by atoms with E-state index in [-0.39, 0.29) is 29.1 Å². The number of aliphatic hydroxyl groups excluding tert-OH is 1. The fraction of sp³-hybridized carbons (Fsp3) is 0.500. The van der Waals surface area contributed by atoms with Gasteiger partial charge in [0.25, 0.3) is 0 Å². The van der Waals surface area contributed by atoms with Gasteiger partial charge in [-0.05, 0) is 37.0 Å². The number of hydrogen-bond acceptors (Lipinski definition) is 4. The quantitative estimate of drug-likeness (QED) is 0.716. The third kappa shape index (κ3) is 3.05. The summed E-state index contributed by atoms with van der Waals surface area (Å²) >= 11 is 0. The minimum atomic E-state index is -3.79. The first-order valence-electron chi connectivity index (χ1n) is 6.12. The van der Waals surface area contributed by atoms with Crippen LogP contribution < -0.4 is 10.5 Å². The molecule has 106 valence electrons. The van der Waals surface area contributed by atoms with E-state index in [1.165, 1.54) is 0 Å². The highest BCUT2D eigenvalue weighted by Crippen LogP contribution is 2.27. The number of hydrogen-bond donors (Lipinski definition) is 3. The fourth-order valence-electron chi connectivity index (χ4n) is 2.44. The first kappa shape index (κ1) is 14.2. The Morgan fingerprint density at radius 1 is 1.42 bits per heavy atom. The van der Waals surface area contributed by atoms with Crippen LogP contribution in [0.4, 0.5) is 10.1 Å². The molecule has 2 atom stereocenters. The summed E-state index contributed by atoms with van der Waals surface area (Å²) in [5.41, 5.74) is 5.42. The Hall–Kier alpha value is -1.18. The molecule has 1 aliphatic rings. The minimum absolute atomic E-state index is 0.0495. The lowest BCUT2D eigenvalue weighted by Crippen LogP contribution is -2.38. The molecule has 4 N–H and O–H groups in total. The van der Waals surface area contributed by atoms with Gasteiger partial charge in [0, 0.05) is 12.6 Å². The predicted octanol–water partition coefficient (Wildman–Crippen LogP) is 0.847. The monoisotopic (exact) mass is 288 g/mol. The number of sulfonamides is 1. The third-order valence-corrected chi connectivity index (χ3v) is 5.03. The van der Waals surface area contributed by atoms with Crippen molar-refractivity contribution in [3.63, 3.8) is 0 Å². The molecule has 0 aliphatic heterocycles. The van der Waals surface area contributed by atoms with E-state index in [4.69, 9.17) is 5.73 Å². The topological polar surface area (TPSA) is 92.4 Å². The van der Waals surface area contributed by atoms with Crippen LogP contribution in [-0.4, -0.2) is 26.2 Å². The molecule has 0 amide bonds. The van der Waals surface area contributed by atoms with E-state index >= 15 is 0 Å². The van der Waals surface area contributed by atoms with Crippen LogP contribution in [0.3, 0.4) is 0 Å². The Labute approximate surface area is 111 Å². The third-order valence-electron chi connectivity index (χ3n) is 3.46. The zero-order chi connectivity index (χ0) is 14.0. The summed E-state index contributed by atoms with van der Waals surface area (Å²) in [6.07, 6.45) is 2.35. The number of aliphatic hydroxyl groups is 1. The number of nitrogen functional groups attached to an aromatic ring is 1. The number of nitrogens with one attached hydrogen (secondary N) is 1. The second kappa shape index (κ2) is 5.44. The van der Waals surface area contributed by atoms with E-state index in [0.29, 0.717) is 6.42 Å². The number of benzene rings is 1. The lowest BCUT2D eigenvalue weighted by molar-refractivity contribution is 0.213. The molecule has 1 saturated carbocycles. The van der Waals surface area contributed by atoms with Gasteiger partial charge in [-0.3, -0.25) is 0 Å². The Balaban J connectivity index is 2.23. The van der Waals surface area contributed by atoms with Gasteiger partial charge in [-0.2, -0.15) is 0 Å². The van der Waals surface area contributed by atoms with Crippen molar-refractivity contribution < 1.29 is 17.9 Å². The van der Waals surface area contributed by atoms with Crippen molar-refractivity contribution >= 4 is 15.7 Å². The van der Waals surface area contributed by atoms with Gasteiger partial charge in [0.1, 0.15) is 10.7 Å². The van der Waals surface area contributed by atoms with Crippen LogP contribution in [-0.2, 0) is 10.0 Å². The van der Waals surface area contributed by atoms with E-state index in [0.717, 1.165) is 31.0 Å². The molecule has 1 aromatic rings. The van der Waals surface area contributed by atoms with Crippen LogP contribution in [0, 0.1) is 11.7 Å². The molecular weight excluding hydrogens is 271 g/mol. The number of anilines is 1. The molecule has 0 heterocycles. The normalized spacial score (nSPS) is 23.7. The van der Waals surface area contributed by atoms with E-state index in [9.17, 15) is 17.9 Å². The van der Waals surface area contributed by atoms with Gasteiger partial charge in [-0.15, -0.1) is 0 Å². The average Bonchev–Trinajstić information content (AvgIpc) is 2.74. The summed E-state index contributed by atoms with van der Waals surface area (Å²) in [7, 11) is -3.79. The molecule has 2 rings (SSSR count). The summed E-state index contributed by atoms with van der Waals surface area (Å²) in [5, 5.41) is 9.19. The molecule has 0 radical (unpaired) electrons. The molecule has 0 spiro atoms. The van der Waals surface area contributed by atoms with Crippen LogP contribution in [0.5, 0.6) is 0 Å². The zero-order valence-electron chi connectivity index (χ0n) is 10.3. The van der Waals surface area contributed by atoms with E-state index in [1.807, 2.05) is 0 Å². The van der Waals surface area contributed by atoms with Crippen LogP contribution >= 0.6 is 0 Å². The van der Waals surface area contributed by atoms with E-state index in [2.05, 4.69) is 4.72 Å². The fourth-order valence-corrected chi connectivity index (χ4v) is 3.89. The first-order chi connectivity index (χ1) is 8.94. The highest BCUT2D eigenvalue weighted by molar-refractivity contribution is 7.89. The maximum absolute atomic E-state index is 12.9. The van der Waals surface area contributed by atoms with Crippen LogP contribution in [0.15, 0.2) is 23.1 Å². The lowest BCUT2D eigenvalue weighted by Gasteiger charge is -2.19. The summed E-state index contributed by atoms with van der Waals surface area (Å²) in [6.45, 7) is -0.0495. The Morgan fingerprint density at radius 3 is 2.79 bits per heavy atom. The van der Waals surface area contributed by atoms with Crippen LogP contribution in [0.2, 0.25) is 0 Å². The van der Waals surface area contributed by atoms with Gasteiger partial charge in [-0.1, -0.05) is 6.42 Å². The second-order valence-corrected chi connectivity index (χ2v) is 6.47. The van der Waals surface area contributed by atoms with Crippen LogP contribution in [0.1, 0.15) is 19.3 Å². The standard InChI is InChI=1S/C12H17FN2O3S/c13-9-4-5-12(10(14)6-9)19(17,18)15-11-3-1-2-8(11)7-16/h4-6,8,11,15-16H,1-3,7,14H2. The maximum Gasteiger partial charge on any atom is 0.242 e. The van der Waals surface area contributed by atoms with Crippen molar-refractivity contribution in [2.45, 2.75) is 30.2 Å². The minimum Gasteiger partial charge on any atom is -0.398 e. The highest BCUT2D eigenvalue weighted by Gasteiger charge is 2.31. The lowest BCUT2D eigenvalue weighted by atomic mass is 10.1. The number of nitrogens with two attached hydrogens (primary N) is 1. The van der Waals surface area contributed by atoms with Crippen molar-refractivity contribution in [2.75, 3.05) is 12.3 Å². The number of halogens is 1. The Bertz CT molecular complexity index is 562. The molecule has 19 heavy (non-hydrogen) atoms. The van der Waals surface area contributed by atoms with Gasteiger partial charge < -0.3 is 10.8 Å². The van der Waals surface area contributed by atoms with Gasteiger partial charge in [0.15, 0.2) is 0 Å². The molecule has 1 aliphatic carbocycles. The first-order valence-corrected chi connectivity index (χ1v) is 7.60. The summed E-state index contributed by atoms with van der Waals surface area (Å²) in [4.78, 5) is -0.127. The van der Waals surface area contributed by atoms with E-state index in [1.54, 1.807) is 0 Å².